The fraction of sp³-hybridized carbons (Fsp3) is 0.409. The molecule has 0 spiro atoms. The van der Waals surface area contributed by atoms with Crippen LogP contribution in [0.3, 0.4) is 0 Å². The molecule has 2 aromatic carbocycles. The van der Waals surface area contributed by atoms with Gasteiger partial charge in [-0.25, -0.2) is 4.98 Å². The minimum absolute atomic E-state index is 0.798. The number of aromatic nitrogens is 2. The number of nitrogens with zero attached hydrogens (tertiary/aromatic N) is 1. The molecule has 1 aliphatic rings. The summed E-state index contributed by atoms with van der Waals surface area (Å²) in [6, 6.07) is 12.6. The van der Waals surface area contributed by atoms with Gasteiger partial charge < -0.3 is 10.3 Å². The van der Waals surface area contributed by atoms with Gasteiger partial charge in [0.1, 0.15) is 0 Å². The topological polar surface area (TPSA) is 40.7 Å². The Bertz CT molecular complexity index is 865. The van der Waals surface area contributed by atoms with Crippen LogP contribution in [-0.4, -0.2) is 16.5 Å². The van der Waals surface area contributed by atoms with E-state index in [2.05, 4.69) is 51.7 Å². The van der Waals surface area contributed by atoms with Crippen LogP contribution in [0.4, 0.5) is 0 Å². The Kier molecular flexibility index (Phi) is 5.57. The van der Waals surface area contributed by atoms with E-state index in [1.807, 2.05) is 0 Å². The monoisotopic (exact) mass is 367 g/mol. The highest BCUT2D eigenvalue weighted by atomic mass is 35.5. The van der Waals surface area contributed by atoms with Gasteiger partial charge >= 0.3 is 0 Å². The Balaban J connectivity index is 1.36. The maximum Gasteiger partial charge on any atom is 0.0931 e. The van der Waals surface area contributed by atoms with Gasteiger partial charge in [0.15, 0.2) is 0 Å². The van der Waals surface area contributed by atoms with Gasteiger partial charge in [-0.15, -0.1) is 0 Å². The molecule has 4 heteroatoms. The van der Waals surface area contributed by atoms with Crippen molar-refractivity contribution < 1.29 is 0 Å². The fourth-order valence-electron chi connectivity index (χ4n) is 4.02. The molecule has 136 valence electrons. The lowest BCUT2D eigenvalue weighted by atomic mass is 9.87. The van der Waals surface area contributed by atoms with Crippen molar-refractivity contribution in [3.63, 3.8) is 0 Å². The lowest BCUT2D eigenvalue weighted by Crippen LogP contribution is -2.19. The quantitative estimate of drug-likeness (QED) is 0.529. The summed E-state index contributed by atoms with van der Waals surface area (Å²) in [4.78, 5) is 7.45. The van der Waals surface area contributed by atoms with Crippen LogP contribution in [0.5, 0.6) is 0 Å². The van der Waals surface area contributed by atoms with Crippen LogP contribution in [0, 0.1) is 5.92 Å². The van der Waals surface area contributed by atoms with E-state index in [0.29, 0.717) is 0 Å². The number of fused-ring (bicyclic) bond motifs is 1. The zero-order valence-electron chi connectivity index (χ0n) is 15.1. The summed E-state index contributed by atoms with van der Waals surface area (Å²) in [5.74, 6) is 0.930. The Morgan fingerprint density at radius 2 is 1.96 bits per heavy atom. The summed E-state index contributed by atoms with van der Waals surface area (Å²) in [5.41, 5.74) is 5.41. The molecule has 4 rings (SSSR count). The molecule has 0 atom stereocenters. The Labute approximate surface area is 160 Å². The smallest absolute Gasteiger partial charge is 0.0931 e. The number of rotatable bonds is 6. The second kappa shape index (κ2) is 8.24. The number of hydrogen-bond acceptors (Lipinski definition) is 2. The van der Waals surface area contributed by atoms with Crippen LogP contribution in [0.2, 0.25) is 5.02 Å². The molecule has 1 aliphatic carbocycles. The van der Waals surface area contributed by atoms with Crippen LogP contribution in [0.25, 0.3) is 22.2 Å². The first kappa shape index (κ1) is 17.6. The molecule has 2 N–H and O–H groups in total. The first-order valence-electron chi connectivity index (χ1n) is 9.72. The first-order chi connectivity index (χ1) is 12.8. The Hall–Kier alpha value is -1.84. The maximum atomic E-state index is 6.57. The maximum absolute atomic E-state index is 6.57. The van der Waals surface area contributed by atoms with Crippen molar-refractivity contribution in [3.05, 3.63) is 53.3 Å². The number of benzene rings is 2. The SMILES string of the molecule is Clc1cc(CNCCC2CCCCC2)ccc1-c1ccc2[nH]cnc2c1. The average Bonchev–Trinajstić information content (AvgIpc) is 3.14. The van der Waals surface area contributed by atoms with Gasteiger partial charge in [0.2, 0.25) is 0 Å². The molecule has 3 aromatic rings. The van der Waals surface area contributed by atoms with E-state index in [0.717, 1.165) is 46.2 Å². The molecule has 3 nitrogen and oxygen atoms in total. The molecule has 1 saturated carbocycles. The molecule has 1 heterocycles. The van der Waals surface area contributed by atoms with Gasteiger partial charge in [-0.3, -0.25) is 0 Å². The molecule has 0 aliphatic heterocycles. The first-order valence-corrected chi connectivity index (χ1v) is 10.1. The van der Waals surface area contributed by atoms with E-state index in [4.69, 9.17) is 11.6 Å². The summed E-state index contributed by atoms with van der Waals surface area (Å²) >= 11 is 6.57. The molecule has 0 radical (unpaired) electrons. The molecule has 26 heavy (non-hydrogen) atoms. The summed E-state index contributed by atoms with van der Waals surface area (Å²) in [7, 11) is 0. The van der Waals surface area contributed by atoms with Crippen molar-refractivity contribution in [2.75, 3.05) is 6.54 Å². The zero-order valence-corrected chi connectivity index (χ0v) is 15.9. The Morgan fingerprint density at radius 3 is 2.81 bits per heavy atom. The second-order valence-electron chi connectivity index (χ2n) is 7.42. The second-order valence-corrected chi connectivity index (χ2v) is 7.83. The molecule has 0 bridgehead atoms. The van der Waals surface area contributed by atoms with E-state index in [1.165, 1.54) is 44.1 Å². The van der Waals surface area contributed by atoms with Crippen LogP contribution in [-0.2, 0) is 6.54 Å². The van der Waals surface area contributed by atoms with Crippen LogP contribution < -0.4 is 5.32 Å². The van der Waals surface area contributed by atoms with Gasteiger partial charge in [0.05, 0.1) is 17.4 Å². The van der Waals surface area contributed by atoms with E-state index in [-0.39, 0.29) is 0 Å². The van der Waals surface area contributed by atoms with Gasteiger partial charge in [0, 0.05) is 17.1 Å². The van der Waals surface area contributed by atoms with Crippen molar-refractivity contribution in [2.45, 2.75) is 45.1 Å². The Morgan fingerprint density at radius 1 is 1.08 bits per heavy atom. The van der Waals surface area contributed by atoms with E-state index in [9.17, 15) is 0 Å². The normalized spacial score (nSPS) is 15.6. The van der Waals surface area contributed by atoms with Crippen molar-refractivity contribution in [2.24, 2.45) is 5.92 Å². The number of H-pyrrole nitrogens is 1. The molecule has 0 unspecified atom stereocenters. The third-order valence-corrected chi connectivity index (χ3v) is 5.86. The lowest BCUT2D eigenvalue weighted by molar-refractivity contribution is 0.334. The van der Waals surface area contributed by atoms with Crippen molar-refractivity contribution in [3.8, 4) is 11.1 Å². The minimum atomic E-state index is 0.798. The van der Waals surface area contributed by atoms with Gasteiger partial charge in [0.25, 0.3) is 0 Å². The standard InChI is InChI=1S/C22H26ClN3/c23-20-12-17(14-24-11-10-16-4-2-1-3-5-16)6-8-19(20)18-7-9-21-22(13-18)26-15-25-21/h6-9,12-13,15-16,24H,1-5,10-11,14H2,(H,25,26). The van der Waals surface area contributed by atoms with Gasteiger partial charge in [-0.1, -0.05) is 61.9 Å². The lowest BCUT2D eigenvalue weighted by Gasteiger charge is -2.21. The average molecular weight is 368 g/mol. The summed E-state index contributed by atoms with van der Waals surface area (Å²) in [6.07, 6.45) is 10.1. The molecule has 0 amide bonds. The van der Waals surface area contributed by atoms with Gasteiger partial charge in [-0.2, -0.15) is 0 Å². The zero-order chi connectivity index (χ0) is 17.8. The molecular weight excluding hydrogens is 342 g/mol. The highest BCUT2D eigenvalue weighted by Crippen LogP contribution is 2.30. The number of hydrogen-bond donors (Lipinski definition) is 2. The number of nitrogens with one attached hydrogen (secondary N) is 2. The largest absolute Gasteiger partial charge is 0.345 e. The molecular formula is C22H26ClN3. The van der Waals surface area contributed by atoms with Crippen LogP contribution in [0.15, 0.2) is 42.7 Å². The highest BCUT2D eigenvalue weighted by molar-refractivity contribution is 6.33. The number of aromatic amines is 1. The van der Waals surface area contributed by atoms with Crippen LogP contribution >= 0.6 is 11.6 Å². The third-order valence-electron chi connectivity index (χ3n) is 5.55. The summed E-state index contributed by atoms with van der Waals surface area (Å²) < 4.78 is 0. The highest BCUT2D eigenvalue weighted by Gasteiger charge is 2.12. The summed E-state index contributed by atoms with van der Waals surface area (Å²) in [6.45, 7) is 1.98. The van der Waals surface area contributed by atoms with Crippen molar-refractivity contribution in [1.29, 1.82) is 0 Å². The predicted molar refractivity (Wildman–Crippen MR) is 109 cm³/mol. The number of imidazole rings is 1. The molecule has 1 aromatic heterocycles. The van der Waals surface area contributed by atoms with Crippen molar-refractivity contribution >= 4 is 22.6 Å². The van der Waals surface area contributed by atoms with Crippen LogP contribution in [0.1, 0.15) is 44.1 Å². The minimum Gasteiger partial charge on any atom is -0.345 e. The number of halogens is 1. The predicted octanol–water partition coefficient (Wildman–Crippen LogP) is 5.94. The third kappa shape index (κ3) is 4.11. The molecule has 0 saturated heterocycles. The molecule has 1 fully saturated rings. The summed E-state index contributed by atoms with van der Waals surface area (Å²) in [5, 5.41) is 4.38. The van der Waals surface area contributed by atoms with Gasteiger partial charge in [-0.05, 0) is 48.2 Å². The van der Waals surface area contributed by atoms with E-state index >= 15 is 0 Å². The fourth-order valence-corrected chi connectivity index (χ4v) is 4.33. The van der Waals surface area contributed by atoms with E-state index < -0.39 is 0 Å². The van der Waals surface area contributed by atoms with E-state index in [1.54, 1.807) is 6.33 Å². The van der Waals surface area contributed by atoms with Crippen molar-refractivity contribution in [1.82, 2.24) is 15.3 Å².